The number of carbonyl (C=O) groups is 1. The first-order valence-corrected chi connectivity index (χ1v) is 7.34. The van der Waals surface area contributed by atoms with Crippen LogP contribution in [-0.2, 0) is 22.4 Å². The molecule has 0 bridgehead atoms. The van der Waals surface area contributed by atoms with Crippen molar-refractivity contribution in [2.24, 2.45) is 0 Å². The molecule has 4 rings (SSSR count). The van der Waals surface area contributed by atoms with E-state index in [2.05, 4.69) is 20.5 Å². The highest BCUT2D eigenvalue weighted by Crippen LogP contribution is 2.24. The fourth-order valence-electron chi connectivity index (χ4n) is 2.94. The topological polar surface area (TPSA) is 92.4 Å². The van der Waals surface area contributed by atoms with E-state index in [0.717, 1.165) is 23.0 Å². The SMILES string of the molecule is CC1OC(CNC(=O)N2CCc3c(cnc4[nH]ncc34)C2)O1. The lowest BCUT2D eigenvalue weighted by atomic mass is 9.99. The number of pyridine rings is 1. The Morgan fingerprint density at radius 2 is 2.36 bits per heavy atom. The summed E-state index contributed by atoms with van der Waals surface area (Å²) in [7, 11) is 0. The van der Waals surface area contributed by atoms with E-state index in [0.29, 0.717) is 19.6 Å². The summed E-state index contributed by atoms with van der Waals surface area (Å²) in [6.45, 7) is 3.42. The fraction of sp³-hybridized carbons (Fsp3) is 0.500. The Hall–Kier alpha value is -2.19. The van der Waals surface area contributed by atoms with Crippen molar-refractivity contribution in [1.82, 2.24) is 25.4 Å². The van der Waals surface area contributed by atoms with Crippen LogP contribution in [0.25, 0.3) is 11.0 Å². The van der Waals surface area contributed by atoms with Gasteiger partial charge in [-0.25, -0.2) is 9.78 Å². The Kier molecular flexibility index (Phi) is 3.20. The van der Waals surface area contributed by atoms with Crippen molar-refractivity contribution in [3.8, 4) is 0 Å². The van der Waals surface area contributed by atoms with Crippen molar-refractivity contribution in [3.63, 3.8) is 0 Å². The maximum atomic E-state index is 12.2. The van der Waals surface area contributed by atoms with Crippen molar-refractivity contribution in [3.05, 3.63) is 23.5 Å². The van der Waals surface area contributed by atoms with Crippen molar-refractivity contribution in [1.29, 1.82) is 0 Å². The number of urea groups is 1. The van der Waals surface area contributed by atoms with Crippen molar-refractivity contribution < 1.29 is 14.3 Å². The van der Waals surface area contributed by atoms with E-state index in [9.17, 15) is 4.79 Å². The summed E-state index contributed by atoms with van der Waals surface area (Å²) in [6, 6.07) is -0.107. The molecule has 22 heavy (non-hydrogen) atoms. The molecule has 2 N–H and O–H groups in total. The summed E-state index contributed by atoms with van der Waals surface area (Å²) < 4.78 is 10.6. The summed E-state index contributed by atoms with van der Waals surface area (Å²) in [4.78, 5) is 18.3. The first-order chi connectivity index (χ1) is 10.7. The highest BCUT2D eigenvalue weighted by atomic mass is 16.9. The second-order valence-electron chi connectivity index (χ2n) is 5.52. The number of carbonyl (C=O) groups excluding carboxylic acids is 1. The normalized spacial score (nSPS) is 24.0. The zero-order valence-electron chi connectivity index (χ0n) is 12.2. The molecule has 0 aromatic carbocycles. The number of fused-ring (bicyclic) bond motifs is 3. The van der Waals surface area contributed by atoms with Gasteiger partial charge in [-0.2, -0.15) is 5.10 Å². The zero-order valence-corrected chi connectivity index (χ0v) is 12.2. The Bertz CT molecular complexity index is 710. The van der Waals surface area contributed by atoms with Crippen LogP contribution < -0.4 is 5.32 Å². The van der Waals surface area contributed by atoms with Gasteiger partial charge in [0.05, 0.1) is 12.7 Å². The van der Waals surface area contributed by atoms with E-state index in [1.165, 1.54) is 5.56 Å². The van der Waals surface area contributed by atoms with Crippen LogP contribution in [0.5, 0.6) is 0 Å². The average Bonchev–Trinajstić information content (AvgIpc) is 2.98. The fourth-order valence-corrected chi connectivity index (χ4v) is 2.94. The minimum atomic E-state index is -0.330. The molecule has 2 aliphatic rings. The lowest BCUT2D eigenvalue weighted by Gasteiger charge is -2.35. The number of rotatable bonds is 2. The molecular weight excluding hydrogens is 286 g/mol. The third kappa shape index (κ3) is 2.30. The molecule has 1 saturated heterocycles. The monoisotopic (exact) mass is 303 g/mol. The Labute approximate surface area is 126 Å². The Morgan fingerprint density at radius 3 is 3.18 bits per heavy atom. The third-order valence-electron chi connectivity index (χ3n) is 4.07. The van der Waals surface area contributed by atoms with Gasteiger partial charge in [0.2, 0.25) is 0 Å². The molecule has 2 amide bonds. The largest absolute Gasteiger partial charge is 0.333 e. The lowest BCUT2D eigenvalue weighted by molar-refractivity contribution is -0.371. The molecule has 8 nitrogen and oxygen atoms in total. The standard InChI is InChI=1S/C14H17N5O3/c1-8-21-12(22-8)6-16-14(20)19-3-2-10-9(7-19)4-15-13-11(10)5-17-18-13/h4-5,8,12H,2-3,6-7H2,1H3,(H,16,20)(H,15,17,18). The van der Waals surface area contributed by atoms with Crippen LogP contribution in [0.3, 0.4) is 0 Å². The molecule has 0 saturated carbocycles. The number of nitrogens with zero attached hydrogens (tertiary/aromatic N) is 3. The van der Waals surface area contributed by atoms with E-state index in [-0.39, 0.29) is 18.6 Å². The van der Waals surface area contributed by atoms with Crippen LogP contribution in [0, 0.1) is 0 Å². The second kappa shape index (κ2) is 5.22. The highest BCUT2D eigenvalue weighted by molar-refractivity contribution is 5.80. The molecule has 4 heterocycles. The number of H-pyrrole nitrogens is 1. The van der Waals surface area contributed by atoms with Gasteiger partial charge < -0.3 is 19.7 Å². The summed E-state index contributed by atoms with van der Waals surface area (Å²) >= 11 is 0. The summed E-state index contributed by atoms with van der Waals surface area (Å²) in [5, 5.41) is 10.8. The van der Waals surface area contributed by atoms with Gasteiger partial charge in [-0.3, -0.25) is 5.10 Å². The number of ether oxygens (including phenoxy) is 2. The molecule has 0 atom stereocenters. The number of aromatic amines is 1. The van der Waals surface area contributed by atoms with Crippen molar-refractivity contribution >= 4 is 17.1 Å². The summed E-state index contributed by atoms with van der Waals surface area (Å²) in [5.74, 6) is 0. The first kappa shape index (κ1) is 13.5. The van der Waals surface area contributed by atoms with Gasteiger partial charge in [-0.15, -0.1) is 0 Å². The van der Waals surface area contributed by atoms with Gasteiger partial charge in [0.1, 0.15) is 0 Å². The molecule has 1 fully saturated rings. The van der Waals surface area contributed by atoms with E-state index in [1.807, 2.05) is 13.1 Å². The molecule has 2 aromatic rings. The van der Waals surface area contributed by atoms with E-state index in [4.69, 9.17) is 9.47 Å². The number of amides is 2. The van der Waals surface area contributed by atoms with Gasteiger partial charge >= 0.3 is 6.03 Å². The number of hydrogen-bond donors (Lipinski definition) is 2. The van der Waals surface area contributed by atoms with Crippen LogP contribution in [-0.4, -0.2) is 51.8 Å². The quantitative estimate of drug-likeness (QED) is 0.854. The maximum Gasteiger partial charge on any atom is 0.317 e. The van der Waals surface area contributed by atoms with E-state index in [1.54, 1.807) is 11.1 Å². The highest BCUT2D eigenvalue weighted by Gasteiger charge is 2.28. The summed E-state index contributed by atoms with van der Waals surface area (Å²) in [5.41, 5.74) is 3.09. The maximum absolute atomic E-state index is 12.2. The molecular formula is C14H17N5O3. The minimum Gasteiger partial charge on any atom is -0.333 e. The van der Waals surface area contributed by atoms with Gasteiger partial charge in [-0.05, 0) is 24.5 Å². The summed E-state index contributed by atoms with van der Waals surface area (Å²) in [6.07, 6.45) is 3.91. The van der Waals surface area contributed by atoms with Gasteiger partial charge in [-0.1, -0.05) is 0 Å². The molecule has 0 radical (unpaired) electrons. The van der Waals surface area contributed by atoms with Crippen LogP contribution in [0.15, 0.2) is 12.4 Å². The van der Waals surface area contributed by atoms with Gasteiger partial charge in [0.15, 0.2) is 18.2 Å². The molecule has 8 heteroatoms. The number of aromatic nitrogens is 3. The molecule has 2 aliphatic heterocycles. The van der Waals surface area contributed by atoms with E-state index >= 15 is 0 Å². The smallest absolute Gasteiger partial charge is 0.317 e. The minimum absolute atomic E-state index is 0.107. The van der Waals surface area contributed by atoms with Crippen LogP contribution in [0.4, 0.5) is 4.79 Å². The van der Waals surface area contributed by atoms with Crippen molar-refractivity contribution in [2.45, 2.75) is 32.5 Å². The molecule has 0 spiro atoms. The Balaban J connectivity index is 1.41. The van der Waals surface area contributed by atoms with Crippen LogP contribution in [0.1, 0.15) is 18.1 Å². The predicted octanol–water partition coefficient (Wildman–Crippen LogP) is 0.744. The van der Waals surface area contributed by atoms with E-state index < -0.39 is 0 Å². The van der Waals surface area contributed by atoms with Gasteiger partial charge in [0.25, 0.3) is 0 Å². The predicted molar refractivity (Wildman–Crippen MR) is 76.8 cm³/mol. The molecule has 0 aliphatic carbocycles. The Morgan fingerprint density at radius 1 is 1.50 bits per heavy atom. The third-order valence-corrected chi connectivity index (χ3v) is 4.07. The molecule has 0 unspecified atom stereocenters. The van der Waals surface area contributed by atoms with Crippen LogP contribution in [0.2, 0.25) is 0 Å². The number of nitrogens with one attached hydrogen (secondary N) is 2. The van der Waals surface area contributed by atoms with Crippen LogP contribution >= 0.6 is 0 Å². The average molecular weight is 303 g/mol. The molecule has 116 valence electrons. The lowest BCUT2D eigenvalue weighted by Crippen LogP contribution is -2.50. The zero-order chi connectivity index (χ0) is 15.1. The van der Waals surface area contributed by atoms with Gasteiger partial charge in [0, 0.05) is 24.7 Å². The van der Waals surface area contributed by atoms with Crippen molar-refractivity contribution in [2.75, 3.05) is 13.1 Å². The second-order valence-corrected chi connectivity index (χ2v) is 5.52. The number of hydrogen-bond acceptors (Lipinski definition) is 5. The molecule has 2 aromatic heterocycles. The first-order valence-electron chi connectivity index (χ1n) is 7.34.